The Hall–Kier alpha value is -2.52. The lowest BCUT2D eigenvalue weighted by Crippen LogP contribution is -2.60. The molecule has 0 radical (unpaired) electrons. The molecular formula is C27H34FN3O5. The second kappa shape index (κ2) is 9.74. The maximum absolute atomic E-state index is 14.3. The van der Waals surface area contributed by atoms with E-state index in [1.807, 2.05) is 12.1 Å². The largest absolute Gasteiger partial charge is 0.489 e. The highest BCUT2D eigenvalue weighted by molar-refractivity contribution is 6.05. The fourth-order valence-corrected chi connectivity index (χ4v) is 6.77. The average Bonchev–Trinajstić information content (AvgIpc) is 3.16. The van der Waals surface area contributed by atoms with Gasteiger partial charge in [-0.1, -0.05) is 6.42 Å². The minimum atomic E-state index is -0.849. The lowest BCUT2D eigenvalue weighted by atomic mass is 9.77. The SMILES string of the molecule is O=C1CCC(N2Cc3cc(O[C@H]4CCCC[C@H]4N4CC(C5CCOC[C@@H]5F)C4)ccc3C2=O)C(=O)N1. The minimum Gasteiger partial charge on any atom is -0.489 e. The van der Waals surface area contributed by atoms with Crippen LogP contribution in [0.5, 0.6) is 5.75 Å². The van der Waals surface area contributed by atoms with Gasteiger partial charge < -0.3 is 14.4 Å². The van der Waals surface area contributed by atoms with Gasteiger partial charge in [-0.3, -0.25) is 24.6 Å². The topological polar surface area (TPSA) is 88.2 Å². The summed E-state index contributed by atoms with van der Waals surface area (Å²) in [5.41, 5.74) is 1.45. The second-order valence-corrected chi connectivity index (χ2v) is 11.0. The molecule has 4 heterocycles. The van der Waals surface area contributed by atoms with E-state index < -0.39 is 18.1 Å². The van der Waals surface area contributed by atoms with Crippen molar-refractivity contribution < 1.29 is 28.2 Å². The van der Waals surface area contributed by atoms with Gasteiger partial charge in [0, 0.05) is 44.3 Å². The third kappa shape index (κ3) is 4.41. The van der Waals surface area contributed by atoms with Crippen molar-refractivity contribution in [3.63, 3.8) is 0 Å². The number of rotatable bonds is 5. The van der Waals surface area contributed by atoms with Crippen LogP contribution in [-0.2, 0) is 20.9 Å². The third-order valence-corrected chi connectivity index (χ3v) is 8.80. The Bertz CT molecular complexity index is 1040. The lowest BCUT2D eigenvalue weighted by Gasteiger charge is -2.51. The van der Waals surface area contributed by atoms with Gasteiger partial charge in [-0.25, -0.2) is 4.39 Å². The van der Waals surface area contributed by atoms with Crippen molar-refractivity contribution in [1.82, 2.24) is 15.1 Å². The van der Waals surface area contributed by atoms with Gasteiger partial charge in [-0.2, -0.15) is 0 Å². The van der Waals surface area contributed by atoms with Gasteiger partial charge in [0.2, 0.25) is 11.8 Å². The molecule has 1 aliphatic carbocycles. The molecule has 1 aromatic rings. The van der Waals surface area contributed by atoms with E-state index >= 15 is 0 Å². The van der Waals surface area contributed by atoms with Gasteiger partial charge in [-0.15, -0.1) is 0 Å². The summed E-state index contributed by atoms with van der Waals surface area (Å²) in [4.78, 5) is 40.8. The number of halogens is 1. The first-order chi connectivity index (χ1) is 17.5. The van der Waals surface area contributed by atoms with E-state index in [-0.39, 0.29) is 36.9 Å². The Morgan fingerprint density at radius 3 is 2.69 bits per heavy atom. The van der Waals surface area contributed by atoms with Gasteiger partial charge in [0.1, 0.15) is 24.1 Å². The number of likely N-dealkylation sites (tertiary alicyclic amines) is 1. The second-order valence-electron chi connectivity index (χ2n) is 11.0. The van der Waals surface area contributed by atoms with Crippen molar-refractivity contribution in [2.75, 3.05) is 26.3 Å². The smallest absolute Gasteiger partial charge is 0.255 e. The molecule has 0 bridgehead atoms. The molecule has 1 aromatic carbocycles. The molecule has 1 saturated carbocycles. The molecule has 5 aliphatic rings. The minimum absolute atomic E-state index is 0.0666. The summed E-state index contributed by atoms with van der Waals surface area (Å²) in [6.07, 6.45) is 4.98. The summed E-state index contributed by atoms with van der Waals surface area (Å²) in [5, 5.41) is 2.34. The fraction of sp³-hybridized carbons (Fsp3) is 0.667. The monoisotopic (exact) mass is 499 g/mol. The summed E-state index contributed by atoms with van der Waals surface area (Å²) in [5.74, 6) is 0.391. The number of hydrogen-bond donors (Lipinski definition) is 1. The van der Waals surface area contributed by atoms with E-state index in [2.05, 4.69) is 10.2 Å². The number of hydrogen-bond acceptors (Lipinski definition) is 6. The number of carbonyl (C=O) groups is 3. The van der Waals surface area contributed by atoms with Crippen LogP contribution in [0, 0.1) is 11.8 Å². The third-order valence-electron chi connectivity index (χ3n) is 8.80. The molecule has 2 unspecified atom stereocenters. The molecule has 9 heteroatoms. The fourth-order valence-electron chi connectivity index (χ4n) is 6.77. The molecule has 0 aromatic heterocycles. The summed E-state index contributed by atoms with van der Waals surface area (Å²) in [6.45, 7) is 3.09. The highest BCUT2D eigenvalue weighted by atomic mass is 19.1. The summed E-state index contributed by atoms with van der Waals surface area (Å²) in [6, 6.07) is 5.28. The molecule has 3 amide bonds. The number of carbonyl (C=O) groups excluding carboxylic acids is 3. The molecule has 3 saturated heterocycles. The van der Waals surface area contributed by atoms with Gasteiger partial charge in [-0.05, 0) is 67.7 Å². The van der Waals surface area contributed by atoms with Crippen LogP contribution >= 0.6 is 0 Å². The number of alkyl halides is 1. The Balaban J connectivity index is 1.10. The number of benzene rings is 1. The predicted octanol–water partition coefficient (Wildman–Crippen LogP) is 2.44. The maximum atomic E-state index is 14.3. The first kappa shape index (κ1) is 23.9. The van der Waals surface area contributed by atoms with E-state index in [1.54, 1.807) is 11.0 Å². The molecular weight excluding hydrogens is 465 g/mol. The molecule has 5 atom stereocenters. The Morgan fingerprint density at radius 2 is 1.89 bits per heavy atom. The van der Waals surface area contributed by atoms with Crippen LogP contribution in [0.2, 0.25) is 0 Å². The van der Waals surface area contributed by atoms with Crippen molar-refractivity contribution in [1.29, 1.82) is 0 Å². The summed E-state index contributed by atoms with van der Waals surface area (Å²) in [7, 11) is 0. The first-order valence-corrected chi connectivity index (χ1v) is 13.4. The highest BCUT2D eigenvalue weighted by Gasteiger charge is 2.44. The quantitative estimate of drug-likeness (QED) is 0.627. The number of nitrogens with zero attached hydrogens (tertiary/aromatic N) is 2. The number of imide groups is 1. The van der Waals surface area contributed by atoms with Crippen molar-refractivity contribution in [3.05, 3.63) is 29.3 Å². The van der Waals surface area contributed by atoms with Crippen molar-refractivity contribution in [2.24, 2.45) is 11.8 Å². The van der Waals surface area contributed by atoms with Crippen molar-refractivity contribution in [2.45, 2.75) is 75.8 Å². The maximum Gasteiger partial charge on any atom is 0.255 e. The highest BCUT2D eigenvalue weighted by Crippen LogP contribution is 2.38. The van der Waals surface area contributed by atoms with E-state index in [0.29, 0.717) is 37.1 Å². The molecule has 0 spiro atoms. The van der Waals surface area contributed by atoms with Crippen LogP contribution in [0.1, 0.15) is 60.9 Å². The normalized spacial score (nSPS) is 33.8. The summed E-state index contributed by atoms with van der Waals surface area (Å²) >= 11 is 0. The van der Waals surface area contributed by atoms with Gasteiger partial charge in [0.15, 0.2) is 0 Å². The van der Waals surface area contributed by atoms with Crippen LogP contribution in [0.3, 0.4) is 0 Å². The molecule has 8 nitrogen and oxygen atoms in total. The number of ether oxygens (including phenoxy) is 2. The predicted molar refractivity (Wildman–Crippen MR) is 128 cm³/mol. The number of piperidine rings is 1. The molecule has 36 heavy (non-hydrogen) atoms. The molecule has 6 rings (SSSR count). The molecule has 1 N–H and O–H groups in total. The van der Waals surface area contributed by atoms with E-state index in [0.717, 1.165) is 50.1 Å². The Kier molecular flexibility index (Phi) is 6.46. The van der Waals surface area contributed by atoms with Crippen LogP contribution in [0.25, 0.3) is 0 Å². The standard InChI is InChI=1S/C27H34FN3O5/c28-21-15-35-10-9-19(21)17-12-30(13-17)22-3-1-2-4-24(22)36-18-5-6-20-16(11-18)14-31(27(20)34)23-7-8-25(32)29-26(23)33/h5-6,11,17,19,21-24H,1-4,7-10,12-15H2,(H,29,32,33)/t19?,21-,22+,23?,24-/m0/s1. The molecule has 4 aliphatic heterocycles. The molecule has 4 fully saturated rings. The number of amides is 3. The summed E-state index contributed by atoms with van der Waals surface area (Å²) < 4.78 is 26.1. The zero-order valence-electron chi connectivity index (χ0n) is 20.5. The number of fused-ring (bicyclic) bond motifs is 1. The van der Waals surface area contributed by atoms with Crippen LogP contribution in [-0.4, -0.2) is 78.2 Å². The van der Waals surface area contributed by atoms with E-state index in [4.69, 9.17) is 9.47 Å². The molecule has 194 valence electrons. The van der Waals surface area contributed by atoms with Gasteiger partial charge >= 0.3 is 0 Å². The van der Waals surface area contributed by atoms with E-state index in [9.17, 15) is 18.8 Å². The number of nitrogens with one attached hydrogen (secondary N) is 1. The van der Waals surface area contributed by atoms with Crippen LogP contribution in [0.15, 0.2) is 18.2 Å². The van der Waals surface area contributed by atoms with Crippen molar-refractivity contribution >= 4 is 17.7 Å². The Morgan fingerprint density at radius 1 is 1.06 bits per heavy atom. The van der Waals surface area contributed by atoms with Crippen molar-refractivity contribution in [3.8, 4) is 5.75 Å². The lowest BCUT2D eigenvalue weighted by molar-refractivity contribution is -0.136. The van der Waals surface area contributed by atoms with Gasteiger partial charge in [0.05, 0.1) is 6.61 Å². The zero-order chi connectivity index (χ0) is 24.8. The van der Waals surface area contributed by atoms with E-state index in [1.165, 1.54) is 6.42 Å². The Labute approximate surface area is 210 Å². The average molecular weight is 500 g/mol. The van der Waals surface area contributed by atoms with Crippen LogP contribution in [0.4, 0.5) is 4.39 Å². The van der Waals surface area contributed by atoms with Gasteiger partial charge in [0.25, 0.3) is 5.91 Å². The van der Waals surface area contributed by atoms with Crippen LogP contribution < -0.4 is 10.1 Å². The first-order valence-electron chi connectivity index (χ1n) is 13.4. The zero-order valence-corrected chi connectivity index (χ0v) is 20.5.